The van der Waals surface area contributed by atoms with E-state index in [2.05, 4.69) is 26.2 Å². The average molecular weight is 358 g/mol. The lowest BCUT2D eigenvalue weighted by Gasteiger charge is -2.43. The van der Waals surface area contributed by atoms with Gasteiger partial charge in [-0.3, -0.25) is 9.80 Å². The molecule has 0 unspecified atom stereocenters. The van der Waals surface area contributed by atoms with E-state index in [0.717, 1.165) is 49.6 Å². The van der Waals surface area contributed by atoms with Gasteiger partial charge < -0.3 is 5.11 Å². The highest BCUT2D eigenvalue weighted by atomic mass is 16.6. The number of aliphatic hydroxyl groups is 1. The number of fused-ring (bicyclic) bond motifs is 1. The minimum absolute atomic E-state index is 0.266. The fourth-order valence-electron chi connectivity index (χ4n) is 4.70. The molecule has 1 aromatic heterocycles. The monoisotopic (exact) mass is 358 g/mol. The first-order chi connectivity index (χ1) is 12.8. The van der Waals surface area contributed by atoms with Crippen molar-refractivity contribution in [1.29, 1.82) is 0 Å². The highest BCUT2D eigenvalue weighted by Gasteiger charge is 2.29. The second-order valence-electron chi connectivity index (χ2n) is 7.95. The third-order valence-corrected chi connectivity index (χ3v) is 6.13. The maximum Gasteiger partial charge on any atom is 0.139 e. The van der Waals surface area contributed by atoms with Gasteiger partial charge in [-0.05, 0) is 47.1 Å². The standard InChI is InChI=1S/C20H30N4O2/c25-12-9-18-15-23(10-11-24(18)13-16-5-2-1-3-6-16)14-17-7-4-8-19-20(17)22-26-21-19/h4,7-8,16,18,25H,1-3,5-6,9-15H2/t18-/m1/s1. The van der Waals surface area contributed by atoms with E-state index in [-0.39, 0.29) is 6.61 Å². The van der Waals surface area contributed by atoms with Gasteiger partial charge in [-0.1, -0.05) is 31.4 Å². The first-order valence-electron chi connectivity index (χ1n) is 10.1. The van der Waals surface area contributed by atoms with Crippen LogP contribution in [-0.2, 0) is 6.54 Å². The fourth-order valence-corrected chi connectivity index (χ4v) is 4.70. The Morgan fingerprint density at radius 3 is 2.85 bits per heavy atom. The molecule has 1 aliphatic carbocycles. The first kappa shape index (κ1) is 17.9. The zero-order valence-corrected chi connectivity index (χ0v) is 15.5. The van der Waals surface area contributed by atoms with Crippen LogP contribution in [0.2, 0.25) is 0 Å². The number of rotatable bonds is 6. The minimum Gasteiger partial charge on any atom is -0.396 e. The summed E-state index contributed by atoms with van der Waals surface area (Å²) in [4.78, 5) is 5.13. The van der Waals surface area contributed by atoms with Crippen LogP contribution in [0.1, 0.15) is 44.1 Å². The summed E-state index contributed by atoms with van der Waals surface area (Å²) in [7, 11) is 0. The van der Waals surface area contributed by atoms with Crippen LogP contribution < -0.4 is 0 Å². The third kappa shape index (κ3) is 4.08. The normalized spacial score (nSPS) is 23.7. The molecule has 6 heteroatoms. The van der Waals surface area contributed by atoms with Crippen molar-refractivity contribution < 1.29 is 9.74 Å². The Bertz CT molecular complexity index is 698. The number of aliphatic hydroxyl groups excluding tert-OH is 1. The van der Waals surface area contributed by atoms with Crippen molar-refractivity contribution in [1.82, 2.24) is 20.1 Å². The minimum atomic E-state index is 0.266. The van der Waals surface area contributed by atoms with Gasteiger partial charge in [0.05, 0.1) is 0 Å². The van der Waals surface area contributed by atoms with Crippen molar-refractivity contribution in [3.63, 3.8) is 0 Å². The van der Waals surface area contributed by atoms with Gasteiger partial charge in [0.2, 0.25) is 0 Å². The molecule has 2 aromatic rings. The van der Waals surface area contributed by atoms with E-state index < -0.39 is 0 Å². The van der Waals surface area contributed by atoms with Crippen molar-refractivity contribution >= 4 is 11.0 Å². The number of nitrogens with zero attached hydrogens (tertiary/aromatic N) is 4. The van der Waals surface area contributed by atoms with Crippen LogP contribution in [-0.4, -0.2) is 64.0 Å². The zero-order chi connectivity index (χ0) is 17.8. The van der Waals surface area contributed by atoms with Gasteiger partial charge in [0.25, 0.3) is 0 Å². The van der Waals surface area contributed by atoms with Crippen LogP contribution in [0.5, 0.6) is 0 Å². The van der Waals surface area contributed by atoms with Gasteiger partial charge in [-0.25, -0.2) is 4.63 Å². The molecule has 2 heterocycles. The van der Waals surface area contributed by atoms with Crippen molar-refractivity contribution in [3.05, 3.63) is 23.8 Å². The summed E-state index contributed by atoms with van der Waals surface area (Å²) in [5.74, 6) is 0.853. The SMILES string of the molecule is OCC[C@@H]1CN(Cc2cccc3nonc23)CCN1CC1CCCCC1. The highest BCUT2D eigenvalue weighted by Crippen LogP contribution is 2.27. The van der Waals surface area contributed by atoms with Crippen molar-refractivity contribution in [2.45, 2.75) is 51.1 Å². The molecule has 1 atom stereocenters. The molecule has 0 spiro atoms. The molecular formula is C20H30N4O2. The summed E-state index contributed by atoms with van der Waals surface area (Å²) in [6, 6.07) is 6.52. The van der Waals surface area contributed by atoms with E-state index in [1.807, 2.05) is 12.1 Å². The Hall–Kier alpha value is -1.50. The van der Waals surface area contributed by atoms with E-state index in [0.29, 0.717) is 6.04 Å². The van der Waals surface area contributed by atoms with E-state index in [1.165, 1.54) is 44.2 Å². The second-order valence-corrected chi connectivity index (χ2v) is 7.95. The summed E-state index contributed by atoms with van der Waals surface area (Å²) >= 11 is 0. The van der Waals surface area contributed by atoms with Gasteiger partial charge >= 0.3 is 0 Å². The van der Waals surface area contributed by atoms with E-state index in [9.17, 15) is 5.11 Å². The summed E-state index contributed by atoms with van der Waals surface area (Å²) in [5, 5.41) is 17.6. The van der Waals surface area contributed by atoms with Gasteiger partial charge in [0, 0.05) is 45.4 Å². The molecule has 1 N–H and O–H groups in total. The van der Waals surface area contributed by atoms with E-state index in [1.54, 1.807) is 0 Å². The molecule has 6 nitrogen and oxygen atoms in total. The lowest BCUT2D eigenvalue weighted by Crippen LogP contribution is -2.54. The molecule has 0 amide bonds. The highest BCUT2D eigenvalue weighted by molar-refractivity contribution is 5.76. The summed E-state index contributed by atoms with van der Waals surface area (Å²) in [5.41, 5.74) is 2.87. The van der Waals surface area contributed by atoms with E-state index in [4.69, 9.17) is 4.63 Å². The Kier molecular flexibility index (Phi) is 5.82. The predicted molar refractivity (Wildman–Crippen MR) is 101 cm³/mol. The Morgan fingerprint density at radius 2 is 2.00 bits per heavy atom. The smallest absolute Gasteiger partial charge is 0.139 e. The Morgan fingerprint density at radius 1 is 1.12 bits per heavy atom. The van der Waals surface area contributed by atoms with Gasteiger partial charge in [-0.2, -0.15) is 0 Å². The maximum atomic E-state index is 9.56. The Balaban J connectivity index is 1.39. The number of hydrogen-bond donors (Lipinski definition) is 1. The largest absolute Gasteiger partial charge is 0.396 e. The topological polar surface area (TPSA) is 65.6 Å². The lowest BCUT2D eigenvalue weighted by atomic mass is 9.88. The number of benzene rings is 1. The van der Waals surface area contributed by atoms with Crippen LogP contribution in [0.3, 0.4) is 0 Å². The number of aromatic nitrogens is 2. The zero-order valence-electron chi connectivity index (χ0n) is 15.5. The van der Waals surface area contributed by atoms with Crippen LogP contribution in [0.15, 0.2) is 22.8 Å². The van der Waals surface area contributed by atoms with Crippen LogP contribution in [0.4, 0.5) is 0 Å². The molecule has 26 heavy (non-hydrogen) atoms. The molecule has 1 aromatic carbocycles. The van der Waals surface area contributed by atoms with E-state index >= 15 is 0 Å². The lowest BCUT2D eigenvalue weighted by molar-refractivity contribution is 0.0402. The average Bonchev–Trinajstić information content (AvgIpc) is 3.15. The van der Waals surface area contributed by atoms with Crippen LogP contribution >= 0.6 is 0 Å². The summed E-state index contributed by atoms with van der Waals surface area (Å²) in [6.45, 7) is 5.51. The fraction of sp³-hybridized carbons (Fsp3) is 0.700. The molecule has 1 saturated heterocycles. The molecule has 2 fully saturated rings. The molecular weight excluding hydrogens is 328 g/mol. The first-order valence-corrected chi connectivity index (χ1v) is 10.1. The van der Waals surface area contributed by atoms with Crippen molar-refractivity contribution in [2.24, 2.45) is 5.92 Å². The molecule has 1 saturated carbocycles. The van der Waals surface area contributed by atoms with Crippen molar-refractivity contribution in [3.8, 4) is 0 Å². The summed E-state index contributed by atoms with van der Waals surface area (Å²) in [6.07, 6.45) is 7.82. The predicted octanol–water partition coefficient (Wildman–Crippen LogP) is 2.67. The van der Waals surface area contributed by atoms with Gasteiger partial charge in [0.15, 0.2) is 0 Å². The number of hydrogen-bond acceptors (Lipinski definition) is 6. The Labute approximate surface area is 155 Å². The number of piperazine rings is 1. The van der Waals surface area contributed by atoms with Crippen molar-refractivity contribution in [2.75, 3.05) is 32.8 Å². The molecule has 1 aliphatic heterocycles. The summed E-state index contributed by atoms with van der Waals surface area (Å²) < 4.78 is 4.90. The molecule has 0 radical (unpaired) electrons. The molecule has 2 aliphatic rings. The molecule has 0 bridgehead atoms. The molecule has 4 rings (SSSR count). The van der Waals surface area contributed by atoms with Gasteiger partial charge in [0.1, 0.15) is 11.0 Å². The second kappa shape index (κ2) is 8.46. The maximum absolute atomic E-state index is 9.56. The third-order valence-electron chi connectivity index (χ3n) is 6.13. The quantitative estimate of drug-likeness (QED) is 0.856. The van der Waals surface area contributed by atoms with Crippen LogP contribution in [0, 0.1) is 5.92 Å². The van der Waals surface area contributed by atoms with Gasteiger partial charge in [-0.15, -0.1) is 0 Å². The molecule has 142 valence electrons. The van der Waals surface area contributed by atoms with Crippen LogP contribution in [0.25, 0.3) is 11.0 Å².